The van der Waals surface area contributed by atoms with E-state index in [4.69, 9.17) is 0 Å². The van der Waals surface area contributed by atoms with Gasteiger partial charge < -0.3 is 0 Å². The van der Waals surface area contributed by atoms with Crippen molar-refractivity contribution in [3.63, 3.8) is 0 Å². The normalized spacial score (nSPS) is 19.0. The molecule has 0 unspecified atom stereocenters. The minimum atomic E-state index is 0.228. The largest absolute Gasteiger partial charge is 0.0616 e. The van der Waals surface area contributed by atoms with E-state index in [-0.39, 0.29) is 10.8 Å². The van der Waals surface area contributed by atoms with Crippen LogP contribution < -0.4 is 0 Å². The van der Waals surface area contributed by atoms with E-state index in [2.05, 4.69) is 86.1 Å². The van der Waals surface area contributed by atoms with E-state index in [0.717, 1.165) is 0 Å². The predicted molar refractivity (Wildman–Crippen MR) is 104 cm³/mol. The Labute approximate surface area is 147 Å². The lowest BCUT2D eigenvalue weighted by atomic mass is 9.62. The van der Waals surface area contributed by atoms with Crippen LogP contribution in [0.4, 0.5) is 0 Å². The zero-order valence-electron chi connectivity index (χ0n) is 14.3. The van der Waals surface area contributed by atoms with Crippen LogP contribution in [0.5, 0.6) is 0 Å². The number of benzene rings is 3. The predicted octanol–water partition coefficient (Wildman–Crippen LogP) is 7.10. The van der Waals surface area contributed by atoms with Gasteiger partial charge in [0.1, 0.15) is 0 Å². The molecule has 0 amide bonds. The molecule has 3 aromatic rings. The van der Waals surface area contributed by atoms with Crippen LogP contribution in [-0.4, -0.2) is 0 Å². The van der Waals surface area contributed by atoms with Gasteiger partial charge in [0.05, 0.1) is 0 Å². The molecule has 0 aromatic heterocycles. The van der Waals surface area contributed by atoms with Crippen molar-refractivity contribution in [1.29, 1.82) is 0 Å². The highest BCUT2D eigenvalue weighted by molar-refractivity contribution is 9.10. The molecule has 1 aliphatic rings. The second-order valence-electron chi connectivity index (χ2n) is 8.25. The first kappa shape index (κ1) is 15.2. The SMILES string of the molecule is CC1(C)CCC(C)(C)c2c1ccc1c2cc(Br)c2ccccc21. The van der Waals surface area contributed by atoms with Crippen molar-refractivity contribution < 1.29 is 0 Å². The summed E-state index contributed by atoms with van der Waals surface area (Å²) in [5, 5.41) is 5.45. The molecule has 4 rings (SSSR count). The van der Waals surface area contributed by atoms with Crippen LogP contribution in [0.15, 0.2) is 46.9 Å². The summed E-state index contributed by atoms with van der Waals surface area (Å²) < 4.78 is 1.20. The molecule has 3 aromatic carbocycles. The molecule has 23 heavy (non-hydrogen) atoms. The van der Waals surface area contributed by atoms with Crippen LogP contribution in [0.1, 0.15) is 51.7 Å². The first-order valence-electron chi connectivity index (χ1n) is 8.46. The number of rotatable bonds is 0. The van der Waals surface area contributed by atoms with Crippen LogP contribution in [0.25, 0.3) is 21.5 Å². The molecule has 0 N–H and O–H groups in total. The molecule has 0 saturated carbocycles. The van der Waals surface area contributed by atoms with E-state index in [1.54, 1.807) is 5.56 Å². The topological polar surface area (TPSA) is 0 Å². The monoisotopic (exact) mass is 366 g/mol. The van der Waals surface area contributed by atoms with E-state index in [1.807, 2.05) is 0 Å². The quantitative estimate of drug-likeness (QED) is 0.372. The Morgan fingerprint density at radius 1 is 0.739 bits per heavy atom. The number of hydrogen-bond acceptors (Lipinski definition) is 0. The van der Waals surface area contributed by atoms with Gasteiger partial charge >= 0.3 is 0 Å². The zero-order chi connectivity index (χ0) is 16.4. The van der Waals surface area contributed by atoms with E-state index in [9.17, 15) is 0 Å². The maximum absolute atomic E-state index is 3.81. The van der Waals surface area contributed by atoms with E-state index in [0.29, 0.717) is 0 Å². The molecular weight excluding hydrogens is 344 g/mol. The molecule has 1 aliphatic carbocycles. The molecule has 0 bridgehead atoms. The van der Waals surface area contributed by atoms with Gasteiger partial charge in [-0.05, 0) is 62.4 Å². The average molecular weight is 367 g/mol. The minimum absolute atomic E-state index is 0.228. The molecule has 0 fully saturated rings. The zero-order valence-corrected chi connectivity index (χ0v) is 15.9. The van der Waals surface area contributed by atoms with Crippen molar-refractivity contribution in [2.75, 3.05) is 0 Å². The summed E-state index contributed by atoms with van der Waals surface area (Å²) in [7, 11) is 0. The third-order valence-corrected chi connectivity index (χ3v) is 6.43. The summed E-state index contributed by atoms with van der Waals surface area (Å²) in [5.74, 6) is 0. The van der Waals surface area contributed by atoms with Crippen molar-refractivity contribution in [3.05, 3.63) is 58.1 Å². The molecule has 0 aliphatic heterocycles. The van der Waals surface area contributed by atoms with Crippen LogP contribution in [-0.2, 0) is 10.8 Å². The maximum Gasteiger partial charge on any atom is 0.0260 e. The number of halogens is 1. The molecule has 0 heterocycles. The highest BCUT2D eigenvalue weighted by Gasteiger charge is 2.38. The average Bonchev–Trinajstić information content (AvgIpc) is 2.51. The van der Waals surface area contributed by atoms with Crippen molar-refractivity contribution in [3.8, 4) is 0 Å². The lowest BCUT2D eigenvalue weighted by molar-refractivity contribution is 0.334. The van der Waals surface area contributed by atoms with Gasteiger partial charge in [0.25, 0.3) is 0 Å². The summed E-state index contributed by atoms with van der Waals surface area (Å²) >= 11 is 3.81. The Morgan fingerprint density at radius 3 is 2.09 bits per heavy atom. The third-order valence-electron chi connectivity index (χ3n) is 5.77. The van der Waals surface area contributed by atoms with Gasteiger partial charge in [-0.15, -0.1) is 0 Å². The molecule has 0 spiro atoms. The fourth-order valence-corrected chi connectivity index (χ4v) is 4.89. The first-order valence-corrected chi connectivity index (χ1v) is 9.25. The van der Waals surface area contributed by atoms with Gasteiger partial charge in [-0.1, -0.05) is 80.0 Å². The lowest BCUT2D eigenvalue weighted by Gasteiger charge is -2.42. The first-order chi connectivity index (χ1) is 10.8. The molecular formula is C22H23Br. The number of fused-ring (bicyclic) bond motifs is 5. The van der Waals surface area contributed by atoms with Gasteiger partial charge in [-0.25, -0.2) is 0 Å². The fraction of sp³-hybridized carbons (Fsp3) is 0.364. The summed E-state index contributed by atoms with van der Waals surface area (Å²) in [6.07, 6.45) is 2.50. The Hall–Kier alpha value is -1.34. The molecule has 118 valence electrons. The van der Waals surface area contributed by atoms with Crippen molar-refractivity contribution in [2.24, 2.45) is 0 Å². The maximum atomic E-state index is 3.81. The smallest absolute Gasteiger partial charge is 0.0260 e. The van der Waals surface area contributed by atoms with Crippen molar-refractivity contribution in [2.45, 2.75) is 51.4 Å². The Kier molecular flexibility index (Phi) is 3.19. The molecule has 0 nitrogen and oxygen atoms in total. The number of hydrogen-bond donors (Lipinski definition) is 0. The summed E-state index contributed by atoms with van der Waals surface area (Å²) in [6.45, 7) is 9.60. The highest BCUT2D eigenvalue weighted by atomic mass is 79.9. The summed E-state index contributed by atoms with van der Waals surface area (Å²) in [5.41, 5.74) is 3.57. The molecule has 0 atom stereocenters. The minimum Gasteiger partial charge on any atom is -0.0616 e. The van der Waals surface area contributed by atoms with Crippen LogP contribution >= 0.6 is 15.9 Å². The standard InChI is InChI=1S/C22H23Br/c1-21(2)11-12-22(3,4)20-17-13-19(23)16-8-6-5-7-14(16)15(17)9-10-18(20)21/h5-10,13H,11-12H2,1-4H3. The lowest BCUT2D eigenvalue weighted by Crippen LogP contribution is -2.34. The van der Waals surface area contributed by atoms with E-state index >= 15 is 0 Å². The fourth-order valence-electron chi connectivity index (χ4n) is 4.31. The molecule has 0 saturated heterocycles. The Morgan fingerprint density at radius 2 is 1.35 bits per heavy atom. The van der Waals surface area contributed by atoms with E-state index < -0.39 is 0 Å². The molecule has 1 heteroatoms. The second kappa shape index (κ2) is 4.83. The van der Waals surface area contributed by atoms with Gasteiger partial charge in [0, 0.05) is 4.47 Å². The van der Waals surface area contributed by atoms with E-state index in [1.165, 1.54) is 44.4 Å². The Bertz CT molecular complexity index is 932. The summed E-state index contributed by atoms with van der Waals surface area (Å²) in [4.78, 5) is 0. The van der Waals surface area contributed by atoms with Gasteiger partial charge in [0.15, 0.2) is 0 Å². The third kappa shape index (κ3) is 2.16. The van der Waals surface area contributed by atoms with Gasteiger partial charge in [0.2, 0.25) is 0 Å². The molecule has 0 radical (unpaired) electrons. The van der Waals surface area contributed by atoms with Crippen molar-refractivity contribution >= 4 is 37.5 Å². The van der Waals surface area contributed by atoms with Crippen LogP contribution in [0, 0.1) is 0 Å². The second-order valence-corrected chi connectivity index (χ2v) is 9.11. The van der Waals surface area contributed by atoms with Gasteiger partial charge in [-0.3, -0.25) is 0 Å². The Balaban J connectivity index is 2.22. The van der Waals surface area contributed by atoms with Crippen LogP contribution in [0.2, 0.25) is 0 Å². The van der Waals surface area contributed by atoms with Gasteiger partial charge in [-0.2, -0.15) is 0 Å². The van der Waals surface area contributed by atoms with Crippen LogP contribution in [0.3, 0.4) is 0 Å². The van der Waals surface area contributed by atoms with Crippen molar-refractivity contribution in [1.82, 2.24) is 0 Å². The summed E-state index contributed by atoms with van der Waals surface area (Å²) in [6, 6.07) is 15.8. The highest BCUT2D eigenvalue weighted by Crippen LogP contribution is 2.49.